The van der Waals surface area contributed by atoms with Crippen molar-refractivity contribution in [3.05, 3.63) is 64.5 Å². The number of hydrogen-bond acceptors (Lipinski definition) is 6. The molecular formula is C26H30O6. The molecule has 32 heavy (non-hydrogen) atoms. The highest BCUT2D eigenvalue weighted by Crippen LogP contribution is 2.27. The zero-order chi connectivity index (χ0) is 23.3. The molecule has 1 heterocycles. The van der Waals surface area contributed by atoms with E-state index in [1.54, 1.807) is 25.1 Å². The lowest BCUT2D eigenvalue weighted by Gasteiger charge is -2.19. The SMILES string of the molecule is CCCCOC(=O)[C@H](C)Oc1ccc2c(=O)c(Oc3ccc(C(C)(C)C)cc3)coc2c1. The highest BCUT2D eigenvalue weighted by molar-refractivity contribution is 5.79. The number of carbonyl (C=O) groups is 1. The van der Waals surface area contributed by atoms with Gasteiger partial charge in [0.15, 0.2) is 6.10 Å². The molecule has 0 bridgehead atoms. The Kier molecular flexibility index (Phi) is 7.23. The molecule has 1 atom stereocenters. The second-order valence-corrected chi connectivity index (χ2v) is 8.74. The standard InChI is InChI=1S/C26H30O6/c1-6-7-14-29-25(28)17(2)31-20-12-13-21-22(15-20)30-16-23(24(21)27)32-19-10-8-18(9-11-19)26(3,4)5/h8-13,15-17H,6-7,14H2,1-5H3/t17-/m0/s1. The van der Waals surface area contributed by atoms with Crippen molar-refractivity contribution in [2.75, 3.05) is 6.61 Å². The second kappa shape index (κ2) is 9.90. The molecule has 0 fully saturated rings. The van der Waals surface area contributed by atoms with Crippen LogP contribution in [0, 0.1) is 0 Å². The van der Waals surface area contributed by atoms with Gasteiger partial charge in [0, 0.05) is 6.07 Å². The zero-order valence-corrected chi connectivity index (χ0v) is 19.3. The van der Waals surface area contributed by atoms with Gasteiger partial charge in [-0.2, -0.15) is 0 Å². The maximum absolute atomic E-state index is 12.8. The number of carbonyl (C=O) groups excluding carboxylic acids is 1. The first kappa shape index (κ1) is 23.4. The average molecular weight is 439 g/mol. The lowest BCUT2D eigenvalue weighted by atomic mass is 9.87. The third-order valence-corrected chi connectivity index (χ3v) is 5.05. The molecule has 0 spiro atoms. The Labute approximate surface area is 188 Å². The van der Waals surface area contributed by atoms with Crippen molar-refractivity contribution >= 4 is 16.9 Å². The van der Waals surface area contributed by atoms with E-state index < -0.39 is 12.1 Å². The third-order valence-electron chi connectivity index (χ3n) is 5.05. The highest BCUT2D eigenvalue weighted by Gasteiger charge is 2.18. The molecule has 6 nitrogen and oxygen atoms in total. The molecule has 0 aliphatic carbocycles. The van der Waals surface area contributed by atoms with E-state index in [0.717, 1.165) is 12.8 Å². The van der Waals surface area contributed by atoms with Crippen LogP contribution in [0.2, 0.25) is 0 Å². The van der Waals surface area contributed by atoms with Crippen LogP contribution in [0.4, 0.5) is 0 Å². The van der Waals surface area contributed by atoms with Gasteiger partial charge >= 0.3 is 5.97 Å². The monoisotopic (exact) mass is 438 g/mol. The largest absolute Gasteiger partial charge is 0.479 e. The summed E-state index contributed by atoms with van der Waals surface area (Å²) in [5.74, 6) is 0.635. The fraction of sp³-hybridized carbons (Fsp3) is 0.385. The van der Waals surface area contributed by atoms with Gasteiger partial charge in [-0.15, -0.1) is 0 Å². The minimum Gasteiger partial charge on any atom is -0.479 e. The minimum atomic E-state index is -0.769. The van der Waals surface area contributed by atoms with Crippen molar-refractivity contribution in [1.82, 2.24) is 0 Å². The average Bonchev–Trinajstić information content (AvgIpc) is 2.75. The van der Waals surface area contributed by atoms with Gasteiger partial charge in [0.2, 0.25) is 11.2 Å². The Morgan fingerprint density at radius 2 is 1.75 bits per heavy atom. The summed E-state index contributed by atoms with van der Waals surface area (Å²) in [5, 5.41) is 0.360. The van der Waals surface area contributed by atoms with Crippen LogP contribution in [0.15, 0.2) is 57.9 Å². The molecule has 0 saturated carbocycles. The fourth-order valence-electron chi connectivity index (χ4n) is 3.07. The summed E-state index contributed by atoms with van der Waals surface area (Å²) in [4.78, 5) is 24.8. The Morgan fingerprint density at radius 1 is 1.06 bits per heavy atom. The molecule has 170 valence electrons. The van der Waals surface area contributed by atoms with Crippen LogP contribution >= 0.6 is 0 Å². The first-order valence-corrected chi connectivity index (χ1v) is 10.9. The summed E-state index contributed by atoms with van der Waals surface area (Å²) in [6.07, 6.45) is 2.27. The van der Waals surface area contributed by atoms with Gasteiger partial charge in [-0.1, -0.05) is 46.2 Å². The van der Waals surface area contributed by atoms with Crippen molar-refractivity contribution in [1.29, 1.82) is 0 Å². The molecule has 2 aromatic carbocycles. The van der Waals surface area contributed by atoms with Crippen LogP contribution in [0.25, 0.3) is 11.0 Å². The van der Waals surface area contributed by atoms with E-state index in [0.29, 0.717) is 29.1 Å². The van der Waals surface area contributed by atoms with Crippen molar-refractivity contribution in [2.24, 2.45) is 0 Å². The molecule has 0 aliphatic rings. The van der Waals surface area contributed by atoms with Crippen molar-refractivity contribution in [3.8, 4) is 17.2 Å². The van der Waals surface area contributed by atoms with E-state index in [4.69, 9.17) is 18.6 Å². The lowest BCUT2D eigenvalue weighted by Crippen LogP contribution is -2.26. The molecule has 3 rings (SSSR count). The Balaban J connectivity index is 1.74. The summed E-state index contributed by atoms with van der Waals surface area (Å²) >= 11 is 0. The van der Waals surface area contributed by atoms with Gasteiger partial charge in [0.05, 0.1) is 12.0 Å². The molecular weight excluding hydrogens is 408 g/mol. The van der Waals surface area contributed by atoms with Gasteiger partial charge in [-0.25, -0.2) is 4.79 Å². The predicted molar refractivity (Wildman–Crippen MR) is 124 cm³/mol. The second-order valence-electron chi connectivity index (χ2n) is 8.74. The van der Waals surface area contributed by atoms with Crippen molar-refractivity contribution in [3.63, 3.8) is 0 Å². The number of esters is 1. The van der Waals surface area contributed by atoms with Crippen LogP contribution < -0.4 is 14.9 Å². The maximum Gasteiger partial charge on any atom is 0.347 e. The molecule has 0 radical (unpaired) electrons. The first-order valence-electron chi connectivity index (χ1n) is 10.9. The van der Waals surface area contributed by atoms with E-state index in [9.17, 15) is 9.59 Å². The summed E-state index contributed by atoms with van der Waals surface area (Å²) in [6.45, 7) is 10.4. The molecule has 6 heteroatoms. The molecule has 0 aliphatic heterocycles. The molecule has 0 unspecified atom stereocenters. The van der Waals surface area contributed by atoms with Gasteiger partial charge in [0.1, 0.15) is 23.3 Å². The molecule has 0 amide bonds. The summed E-state index contributed by atoms with van der Waals surface area (Å²) in [7, 11) is 0. The van der Waals surface area contributed by atoms with Crippen LogP contribution in [-0.2, 0) is 14.9 Å². The molecule has 3 aromatic rings. The molecule has 1 aromatic heterocycles. The smallest absolute Gasteiger partial charge is 0.347 e. The number of ether oxygens (including phenoxy) is 3. The van der Waals surface area contributed by atoms with Crippen molar-refractivity contribution < 1.29 is 23.4 Å². The maximum atomic E-state index is 12.8. The summed E-state index contributed by atoms with van der Waals surface area (Å²) in [6, 6.07) is 12.4. The van der Waals surface area contributed by atoms with Gasteiger partial charge < -0.3 is 18.6 Å². The summed E-state index contributed by atoms with van der Waals surface area (Å²) in [5.41, 5.74) is 1.26. The number of hydrogen-bond donors (Lipinski definition) is 0. The predicted octanol–water partition coefficient (Wildman–Crippen LogP) is 5.99. The normalized spacial score (nSPS) is 12.4. The Hall–Kier alpha value is -3.28. The van der Waals surface area contributed by atoms with E-state index in [2.05, 4.69) is 20.8 Å². The third kappa shape index (κ3) is 5.69. The zero-order valence-electron chi connectivity index (χ0n) is 19.3. The van der Waals surface area contributed by atoms with Crippen molar-refractivity contribution in [2.45, 2.75) is 59.0 Å². The number of unbranched alkanes of at least 4 members (excludes halogenated alkanes) is 1. The lowest BCUT2D eigenvalue weighted by molar-refractivity contribution is -0.151. The highest BCUT2D eigenvalue weighted by atomic mass is 16.6. The van der Waals surface area contributed by atoms with Crippen LogP contribution in [0.1, 0.15) is 53.0 Å². The fourth-order valence-corrected chi connectivity index (χ4v) is 3.07. The minimum absolute atomic E-state index is 0.0318. The molecule has 0 N–H and O–H groups in total. The van der Waals surface area contributed by atoms with Crippen LogP contribution in [0.3, 0.4) is 0 Å². The number of fused-ring (bicyclic) bond motifs is 1. The van der Waals surface area contributed by atoms with E-state index in [1.165, 1.54) is 11.8 Å². The number of benzene rings is 2. The number of rotatable bonds is 8. The topological polar surface area (TPSA) is 75.0 Å². The van der Waals surface area contributed by atoms with E-state index in [1.807, 2.05) is 31.2 Å². The van der Waals surface area contributed by atoms with Gasteiger partial charge in [-0.3, -0.25) is 4.79 Å². The van der Waals surface area contributed by atoms with E-state index >= 15 is 0 Å². The Bertz CT molecular complexity index is 1120. The van der Waals surface area contributed by atoms with Crippen LogP contribution in [-0.4, -0.2) is 18.7 Å². The van der Waals surface area contributed by atoms with E-state index in [-0.39, 0.29) is 16.6 Å². The quantitative estimate of drug-likeness (QED) is 0.317. The van der Waals surface area contributed by atoms with Gasteiger partial charge in [-0.05, 0) is 48.6 Å². The summed E-state index contributed by atoms with van der Waals surface area (Å²) < 4.78 is 22.2. The Morgan fingerprint density at radius 3 is 2.41 bits per heavy atom. The van der Waals surface area contributed by atoms with Gasteiger partial charge in [0.25, 0.3) is 0 Å². The molecule has 0 saturated heterocycles. The first-order chi connectivity index (χ1) is 15.2. The van der Waals surface area contributed by atoms with Crippen LogP contribution in [0.5, 0.6) is 17.2 Å².